The van der Waals surface area contributed by atoms with E-state index in [1.807, 2.05) is 0 Å². The molecule has 0 bridgehead atoms. The summed E-state index contributed by atoms with van der Waals surface area (Å²) in [5, 5.41) is 3.92. The van der Waals surface area contributed by atoms with Gasteiger partial charge < -0.3 is 5.73 Å². The lowest BCUT2D eigenvalue weighted by atomic mass is 10.3. The number of hydrogen-bond acceptors (Lipinski definition) is 4. The Balaban J connectivity index is 0.00000242. The Bertz CT molecular complexity index is 735. The van der Waals surface area contributed by atoms with Crippen LogP contribution in [0.1, 0.15) is 6.92 Å². The molecule has 0 fully saturated rings. The molecule has 6 nitrogen and oxygen atoms in total. The van der Waals surface area contributed by atoms with Gasteiger partial charge in [-0.2, -0.15) is 9.40 Å². The number of hydrogen-bond donors (Lipinski definition) is 1. The average Bonchev–Trinajstić information content (AvgIpc) is 2.96. The fourth-order valence-electron chi connectivity index (χ4n) is 1.76. The molecule has 122 valence electrons. The molecule has 2 rings (SSSR count). The van der Waals surface area contributed by atoms with E-state index < -0.39 is 15.8 Å². The number of rotatable bonds is 5. The van der Waals surface area contributed by atoms with E-state index >= 15 is 0 Å². The van der Waals surface area contributed by atoms with E-state index in [0.717, 1.165) is 0 Å². The van der Waals surface area contributed by atoms with Gasteiger partial charge in [0.05, 0.1) is 12.4 Å². The molecule has 1 unspecified atom stereocenters. The summed E-state index contributed by atoms with van der Waals surface area (Å²) in [6.07, 6.45) is 2.48. The SMILES string of the molecule is CC(CN)N(C)S(=O)(=O)c1cnn(-c2ccccc2F)c1.Cl. The van der Waals surface area contributed by atoms with Gasteiger partial charge in [0.25, 0.3) is 0 Å². The molecule has 1 atom stereocenters. The van der Waals surface area contributed by atoms with Crippen LogP contribution in [0.2, 0.25) is 0 Å². The molecule has 1 heterocycles. The van der Waals surface area contributed by atoms with E-state index in [0.29, 0.717) is 0 Å². The lowest BCUT2D eigenvalue weighted by molar-refractivity contribution is 0.394. The van der Waals surface area contributed by atoms with E-state index in [2.05, 4.69) is 5.10 Å². The summed E-state index contributed by atoms with van der Waals surface area (Å²) < 4.78 is 40.8. The number of nitrogens with zero attached hydrogens (tertiary/aromatic N) is 3. The second-order valence-corrected chi connectivity index (χ2v) is 6.68. The van der Waals surface area contributed by atoms with Gasteiger partial charge in [0.2, 0.25) is 10.0 Å². The predicted octanol–water partition coefficient (Wildman–Crippen LogP) is 1.40. The van der Waals surface area contributed by atoms with Gasteiger partial charge in [-0.25, -0.2) is 17.5 Å². The maximum atomic E-state index is 13.7. The monoisotopic (exact) mass is 348 g/mol. The van der Waals surface area contributed by atoms with Crippen molar-refractivity contribution in [2.75, 3.05) is 13.6 Å². The van der Waals surface area contributed by atoms with Crippen molar-refractivity contribution in [1.82, 2.24) is 14.1 Å². The fourth-order valence-corrected chi connectivity index (χ4v) is 3.07. The van der Waals surface area contributed by atoms with Crippen LogP contribution in [0.25, 0.3) is 5.69 Å². The molecule has 1 aromatic carbocycles. The van der Waals surface area contributed by atoms with E-state index in [-0.39, 0.29) is 35.6 Å². The van der Waals surface area contributed by atoms with Crippen LogP contribution in [-0.4, -0.2) is 42.1 Å². The summed E-state index contributed by atoms with van der Waals surface area (Å²) >= 11 is 0. The van der Waals surface area contributed by atoms with E-state index in [4.69, 9.17) is 5.73 Å². The molecule has 2 aromatic rings. The molecule has 1 aromatic heterocycles. The van der Waals surface area contributed by atoms with Crippen LogP contribution in [-0.2, 0) is 10.0 Å². The number of sulfonamides is 1. The van der Waals surface area contributed by atoms with Gasteiger partial charge in [-0.15, -0.1) is 12.4 Å². The molecule has 9 heteroatoms. The van der Waals surface area contributed by atoms with Gasteiger partial charge in [0.1, 0.15) is 16.4 Å². The molecule has 0 aliphatic carbocycles. The summed E-state index contributed by atoms with van der Waals surface area (Å²) in [6.45, 7) is 1.91. The number of benzene rings is 1. The van der Waals surface area contributed by atoms with Gasteiger partial charge in [0.15, 0.2) is 0 Å². The zero-order chi connectivity index (χ0) is 15.6. The van der Waals surface area contributed by atoms with Crippen LogP contribution in [0.15, 0.2) is 41.6 Å². The molecule has 0 radical (unpaired) electrons. The topological polar surface area (TPSA) is 81.2 Å². The molecule has 2 N–H and O–H groups in total. The molecule has 0 amide bonds. The van der Waals surface area contributed by atoms with E-state index in [1.165, 1.54) is 40.6 Å². The number of likely N-dealkylation sites (N-methyl/N-ethyl adjacent to an activating group) is 1. The maximum absolute atomic E-state index is 13.7. The predicted molar refractivity (Wildman–Crippen MR) is 84.2 cm³/mol. The van der Waals surface area contributed by atoms with Crippen LogP contribution in [0, 0.1) is 5.82 Å². The smallest absolute Gasteiger partial charge is 0.246 e. The molecule has 0 aliphatic heterocycles. The Morgan fingerprint density at radius 2 is 2.05 bits per heavy atom. The summed E-state index contributed by atoms with van der Waals surface area (Å²) in [6, 6.07) is 5.67. The first kappa shape index (κ1) is 18.6. The van der Waals surface area contributed by atoms with Crippen molar-refractivity contribution in [2.24, 2.45) is 5.73 Å². The molecule has 0 saturated carbocycles. The molecular weight excluding hydrogens is 331 g/mol. The molecule has 0 aliphatic rings. The minimum absolute atomic E-state index is 0. The first-order chi connectivity index (χ1) is 9.87. The van der Waals surface area contributed by atoms with Crippen molar-refractivity contribution in [1.29, 1.82) is 0 Å². The van der Waals surface area contributed by atoms with Gasteiger partial charge in [-0.1, -0.05) is 12.1 Å². The summed E-state index contributed by atoms with van der Waals surface area (Å²) in [5.41, 5.74) is 5.68. The Hall–Kier alpha value is -1.48. The van der Waals surface area contributed by atoms with Crippen LogP contribution in [0.5, 0.6) is 0 Å². The Morgan fingerprint density at radius 3 is 2.64 bits per heavy atom. The first-order valence-corrected chi connectivity index (χ1v) is 7.79. The highest BCUT2D eigenvalue weighted by Crippen LogP contribution is 2.18. The van der Waals surface area contributed by atoms with Gasteiger partial charge in [0, 0.05) is 19.6 Å². The van der Waals surface area contributed by atoms with E-state index in [9.17, 15) is 12.8 Å². The molecular formula is C13H18ClFN4O2S. The number of nitrogens with two attached hydrogens (primary N) is 1. The molecule has 0 saturated heterocycles. The highest BCUT2D eigenvalue weighted by atomic mass is 35.5. The number of aromatic nitrogens is 2. The second kappa shape index (κ2) is 7.19. The minimum Gasteiger partial charge on any atom is -0.329 e. The first-order valence-electron chi connectivity index (χ1n) is 6.35. The highest BCUT2D eigenvalue weighted by molar-refractivity contribution is 7.89. The fraction of sp³-hybridized carbons (Fsp3) is 0.308. The summed E-state index contributed by atoms with van der Waals surface area (Å²) in [4.78, 5) is -0.00597. The second-order valence-electron chi connectivity index (χ2n) is 4.68. The van der Waals surface area contributed by atoms with Gasteiger partial charge in [-0.05, 0) is 19.1 Å². The van der Waals surface area contributed by atoms with Crippen molar-refractivity contribution in [2.45, 2.75) is 17.9 Å². The zero-order valence-electron chi connectivity index (χ0n) is 12.2. The third kappa shape index (κ3) is 3.46. The van der Waals surface area contributed by atoms with E-state index in [1.54, 1.807) is 19.1 Å². The van der Waals surface area contributed by atoms with Crippen molar-refractivity contribution in [3.8, 4) is 5.69 Å². The minimum atomic E-state index is -3.70. The standard InChI is InChI=1S/C13H17FN4O2S.ClH/c1-10(7-15)17(2)21(19,20)11-8-16-18(9-11)13-6-4-3-5-12(13)14;/h3-6,8-10H,7,15H2,1-2H3;1H. The Morgan fingerprint density at radius 1 is 1.41 bits per heavy atom. The third-order valence-corrected chi connectivity index (χ3v) is 5.22. The molecule has 0 spiro atoms. The Labute approximate surface area is 135 Å². The van der Waals surface area contributed by atoms with Crippen molar-refractivity contribution < 1.29 is 12.8 Å². The van der Waals surface area contributed by atoms with Crippen molar-refractivity contribution >= 4 is 22.4 Å². The lowest BCUT2D eigenvalue weighted by Crippen LogP contribution is -2.39. The van der Waals surface area contributed by atoms with Crippen LogP contribution in [0.3, 0.4) is 0 Å². The summed E-state index contributed by atoms with van der Waals surface area (Å²) in [7, 11) is -2.25. The third-order valence-electron chi connectivity index (χ3n) is 3.30. The van der Waals surface area contributed by atoms with Gasteiger partial charge >= 0.3 is 0 Å². The van der Waals surface area contributed by atoms with Crippen molar-refractivity contribution in [3.63, 3.8) is 0 Å². The quantitative estimate of drug-likeness (QED) is 0.885. The maximum Gasteiger partial charge on any atom is 0.246 e. The number of halogens is 2. The summed E-state index contributed by atoms with van der Waals surface area (Å²) in [5.74, 6) is -0.478. The average molecular weight is 349 g/mol. The van der Waals surface area contributed by atoms with Crippen LogP contribution in [0.4, 0.5) is 4.39 Å². The lowest BCUT2D eigenvalue weighted by Gasteiger charge is -2.21. The zero-order valence-corrected chi connectivity index (χ0v) is 13.8. The Kier molecular flexibility index (Phi) is 6.07. The van der Waals surface area contributed by atoms with Crippen molar-refractivity contribution in [3.05, 3.63) is 42.5 Å². The van der Waals surface area contributed by atoms with Crippen LogP contribution >= 0.6 is 12.4 Å². The molecule has 22 heavy (non-hydrogen) atoms. The number of para-hydroxylation sites is 1. The normalized spacial score (nSPS) is 13.0. The van der Waals surface area contributed by atoms with Crippen LogP contribution < -0.4 is 5.73 Å². The largest absolute Gasteiger partial charge is 0.329 e. The van der Waals surface area contributed by atoms with Gasteiger partial charge in [-0.3, -0.25) is 0 Å². The highest BCUT2D eigenvalue weighted by Gasteiger charge is 2.26.